The summed E-state index contributed by atoms with van der Waals surface area (Å²) in [5, 5.41) is 5.23. The van der Waals surface area contributed by atoms with Gasteiger partial charge in [0.2, 0.25) is 0 Å². The van der Waals surface area contributed by atoms with E-state index in [1.54, 1.807) is 98.6 Å². The fraction of sp³-hybridized carbons (Fsp3) is 0.0571. The summed E-state index contributed by atoms with van der Waals surface area (Å²) in [6, 6.07) is 60.7. The molecule has 12 aromatic heterocycles. The molecule has 16 nitrogen and oxygen atoms in total. The van der Waals surface area contributed by atoms with Crippen LogP contribution in [-0.4, -0.2) is 84.7 Å². The monoisotopic (exact) mass is 1690 g/mol. The normalized spacial score (nSPS) is 11.3. The first kappa shape index (κ1) is 87.9. The topological polar surface area (TPSA) is 213 Å². The Hall–Kier alpha value is -10.3. The predicted molar refractivity (Wildman–Crippen MR) is 375 cm³/mol. The van der Waals surface area contributed by atoms with Gasteiger partial charge >= 0.3 is 101 Å². The van der Waals surface area contributed by atoms with Crippen LogP contribution in [-0.2, 0) is 34.6 Å². The van der Waals surface area contributed by atoms with E-state index >= 15 is 0 Å². The quantitative estimate of drug-likeness (QED) is 0.0564. The molecule has 34 heteroatoms. The van der Waals surface area contributed by atoms with E-state index in [4.69, 9.17) is 32.2 Å². The largest absolute Gasteiger partial charge is 0.255 e. The van der Waals surface area contributed by atoms with Crippen molar-refractivity contribution in [3.8, 4) is 93.0 Å². The molecule has 0 aromatic carbocycles. The average molecular weight is 1690 g/mol. The second kappa shape index (κ2) is 41.7. The number of carbonyl (C=O) groups excluding carboxylic acids is 2. The number of carbonyl (C=O) groups is 2. The van der Waals surface area contributed by atoms with Gasteiger partial charge in [0, 0.05) is 105 Å². The zero-order valence-corrected chi connectivity index (χ0v) is 60.8. The van der Waals surface area contributed by atoms with Gasteiger partial charge in [-0.1, -0.05) is 60.4 Å². The van der Waals surface area contributed by atoms with Crippen molar-refractivity contribution in [3.05, 3.63) is 291 Å². The van der Waals surface area contributed by atoms with Crippen LogP contribution in [0.15, 0.2) is 268 Å². The van der Waals surface area contributed by atoms with E-state index in [9.17, 15) is 60.0 Å². The second-order valence-electron chi connectivity index (χ2n) is 19.8. The molecular weight excluding hydrogens is 1630 g/mol. The molecule has 0 aliphatic carbocycles. The van der Waals surface area contributed by atoms with Crippen molar-refractivity contribution in [1.29, 1.82) is 0 Å². The standard InChI is InChI=1S/2C15H13N3O.4C10H8N2.2ClH.2F6P.2Ru/c2*1-3-6-18-15(19)12-5-8-17-14(10-12)13-9-11(2)4-7-16-13;4*1-3-7-11-9(5-1)10-6-2-4-8-12-10;;;2*1-7(2,3,4,5)6;;/h2*1,4-5,7-10H,6H2,2H3,(H,18,19);4*1-8H;2*1H;;;;/q;;;;;;;;2*-1;;+2/p-2. The molecule has 12 aromatic rings. The summed E-state index contributed by atoms with van der Waals surface area (Å²) < 4.78 is 118. The number of pyridine rings is 12. The molecule has 104 heavy (non-hydrogen) atoms. The van der Waals surface area contributed by atoms with Crippen LogP contribution in [0.3, 0.4) is 0 Å². The average Bonchev–Trinajstić information content (AvgIpc) is 0.791. The van der Waals surface area contributed by atoms with Crippen molar-refractivity contribution in [1.82, 2.24) is 70.4 Å². The molecule has 0 aliphatic heterocycles. The van der Waals surface area contributed by atoms with Crippen molar-refractivity contribution in [2.24, 2.45) is 0 Å². The van der Waals surface area contributed by atoms with Crippen LogP contribution >= 0.6 is 35.0 Å². The smallest absolute Gasteiger partial charge is 0.0886 e. The van der Waals surface area contributed by atoms with Crippen LogP contribution in [0.2, 0.25) is 0 Å². The van der Waals surface area contributed by atoms with Gasteiger partial charge in [0.1, 0.15) is 0 Å². The van der Waals surface area contributed by atoms with Crippen molar-refractivity contribution in [3.63, 3.8) is 0 Å². The molecule has 0 bridgehead atoms. The number of aromatic nitrogens is 12. The molecule has 2 amide bonds. The van der Waals surface area contributed by atoms with E-state index in [0.717, 1.165) is 68.1 Å². The van der Waals surface area contributed by atoms with Gasteiger partial charge in [-0.2, -0.15) is 0 Å². The Morgan fingerprint density at radius 2 is 0.500 bits per heavy atom. The number of terminal acetylenes is 2. The van der Waals surface area contributed by atoms with Crippen molar-refractivity contribution in [2.75, 3.05) is 13.1 Å². The van der Waals surface area contributed by atoms with Crippen molar-refractivity contribution in [2.45, 2.75) is 13.8 Å². The minimum Gasteiger partial charge on any atom is -0.255 e. The Morgan fingerprint density at radius 1 is 0.327 bits per heavy atom. The molecule has 2 N–H and O–H groups in total. The summed E-state index contributed by atoms with van der Waals surface area (Å²) >= 11 is -0.346. The third-order valence-corrected chi connectivity index (χ3v) is 11.5. The molecule has 0 fully saturated rings. The van der Waals surface area contributed by atoms with Crippen LogP contribution in [0.4, 0.5) is 50.4 Å². The second-order valence-corrected chi connectivity index (χ2v) is 26.2. The molecule has 0 radical (unpaired) electrons. The number of hydrogen-bond acceptors (Lipinski definition) is 14. The fourth-order valence-electron chi connectivity index (χ4n) is 7.36. The minimum absolute atomic E-state index is 0. The van der Waals surface area contributed by atoms with E-state index in [0.29, 0.717) is 22.5 Å². The molecule has 0 aliphatic rings. The Bertz CT molecular complexity index is 3990. The van der Waals surface area contributed by atoms with Crippen LogP contribution in [0.1, 0.15) is 31.8 Å². The maximum atomic E-state index is 11.8. The molecule has 12 rings (SSSR count). The maximum absolute atomic E-state index is 11.8. The van der Waals surface area contributed by atoms with Crippen LogP contribution in [0.5, 0.6) is 0 Å². The number of amides is 2. The van der Waals surface area contributed by atoms with Crippen molar-refractivity contribution >= 4 is 46.8 Å². The molecule has 0 saturated heterocycles. The Balaban J connectivity index is 0.000000313. The number of hydrogen-bond donors (Lipinski definition) is 2. The number of rotatable bonds is 10. The Labute approximate surface area is 618 Å². The van der Waals surface area contributed by atoms with E-state index in [-0.39, 0.29) is 59.5 Å². The van der Waals surface area contributed by atoms with Crippen molar-refractivity contribution < 1.29 is 94.6 Å². The van der Waals surface area contributed by atoms with E-state index < -0.39 is 15.6 Å². The molecule has 0 atom stereocenters. The summed E-state index contributed by atoms with van der Waals surface area (Å²) in [7, 11) is -11.6. The minimum atomic E-state index is -10.7. The maximum Gasteiger partial charge on any atom is 0.0886 e. The van der Waals surface area contributed by atoms with Gasteiger partial charge in [0.25, 0.3) is 11.8 Å². The third-order valence-electron chi connectivity index (χ3n) is 11.5. The summed E-state index contributed by atoms with van der Waals surface area (Å²) in [6.07, 6.45) is 31.0. The summed E-state index contributed by atoms with van der Waals surface area (Å²) in [5.74, 6) is 4.30. The van der Waals surface area contributed by atoms with Gasteiger partial charge in [-0.3, -0.25) is 69.4 Å². The summed E-state index contributed by atoms with van der Waals surface area (Å²) in [5.41, 5.74) is 13.3. The summed E-state index contributed by atoms with van der Waals surface area (Å²) in [4.78, 5) is 74.0. The van der Waals surface area contributed by atoms with Gasteiger partial charge in [-0.25, -0.2) is 0 Å². The van der Waals surface area contributed by atoms with E-state index in [2.05, 4.69) is 82.3 Å². The zero-order valence-electron chi connectivity index (χ0n) is 54.0. The Kier molecular flexibility index (Phi) is 35.3. The van der Waals surface area contributed by atoms with Gasteiger partial charge in [0.05, 0.1) is 81.4 Å². The molecule has 0 saturated carbocycles. The van der Waals surface area contributed by atoms with Crippen LogP contribution in [0, 0.1) is 38.5 Å². The molecule has 0 unspecified atom stereocenters. The molecular formula is C70H58Cl2F12N14O2P2Ru2-2. The van der Waals surface area contributed by atoms with Gasteiger partial charge in [0.15, 0.2) is 0 Å². The molecule has 546 valence electrons. The SMILES string of the molecule is C#CCNC(=O)c1ccnc(-c2cc(C)ccn2)c1.C#CCNC(=O)c1ccnc(-c2cc(C)ccn2)c1.F[P-](F)(F)(F)(F)F.F[P-](F)(F)(F)(F)F.[Cl][Ru][Cl].[Ru].c1ccc(-c2ccccn2)nc1.c1ccc(-c2ccccn2)nc1.c1ccc(-c2ccccn2)nc1.c1ccc(-c2ccccn2)nc1. The first-order chi connectivity index (χ1) is 48.6. The number of nitrogens with one attached hydrogen (secondary N) is 2. The number of aryl methyl sites for hydroxylation is 2. The third kappa shape index (κ3) is 42.2. The molecule has 12 heterocycles. The van der Waals surface area contributed by atoms with Gasteiger partial charge in [-0.15, -0.1) is 12.8 Å². The Morgan fingerprint density at radius 3 is 0.663 bits per heavy atom. The molecule has 0 spiro atoms. The first-order valence-corrected chi connectivity index (χ1v) is 37.6. The van der Waals surface area contributed by atoms with Gasteiger partial charge in [-0.05, 0) is 171 Å². The van der Waals surface area contributed by atoms with E-state index in [1.807, 2.05) is 184 Å². The summed E-state index contributed by atoms with van der Waals surface area (Å²) in [6.45, 7) is 4.38. The zero-order chi connectivity index (χ0) is 75.8. The van der Waals surface area contributed by atoms with Gasteiger partial charge < -0.3 is 10.6 Å². The first-order valence-electron chi connectivity index (χ1n) is 29.1. The number of halogens is 14. The predicted octanol–water partition coefficient (Wildman–Crippen LogP) is 20.3. The number of nitrogens with zero attached hydrogens (tertiary/aromatic N) is 12. The fourth-order valence-corrected chi connectivity index (χ4v) is 7.36. The van der Waals surface area contributed by atoms with Crippen LogP contribution < -0.4 is 10.6 Å². The van der Waals surface area contributed by atoms with Crippen LogP contribution in [0.25, 0.3) is 68.3 Å². The van der Waals surface area contributed by atoms with E-state index in [1.165, 1.54) is 0 Å².